The van der Waals surface area contributed by atoms with Crippen LogP contribution >= 0.6 is 0 Å². The molecular weight excluding hydrogens is 1010 g/mol. The quantitative estimate of drug-likeness (QED) is 0.0261. The van der Waals surface area contributed by atoms with Crippen LogP contribution in [0.3, 0.4) is 0 Å². The average Bonchev–Trinajstić information content (AvgIpc) is 3.47. The molecule has 0 saturated carbocycles. The van der Waals surface area contributed by atoms with Crippen molar-refractivity contribution in [1.29, 1.82) is 0 Å². The summed E-state index contributed by atoms with van der Waals surface area (Å²) in [7, 11) is 0. The van der Waals surface area contributed by atoms with E-state index in [0.717, 1.165) is 148 Å². The molecule has 0 fully saturated rings. The molecule has 0 aromatic carbocycles. The van der Waals surface area contributed by atoms with E-state index in [4.69, 9.17) is 14.2 Å². The first-order chi connectivity index (χ1) is 40.5. The summed E-state index contributed by atoms with van der Waals surface area (Å²) in [5, 5.41) is 0. The molecule has 458 valence electrons. The highest BCUT2D eigenvalue weighted by Gasteiger charge is 2.19. The van der Waals surface area contributed by atoms with E-state index in [1.54, 1.807) is 0 Å². The summed E-state index contributed by atoms with van der Waals surface area (Å²) in [6.07, 6.45) is 102. The van der Waals surface area contributed by atoms with Gasteiger partial charge >= 0.3 is 17.9 Å². The molecule has 6 heteroatoms. The van der Waals surface area contributed by atoms with Crippen LogP contribution < -0.4 is 0 Å². The van der Waals surface area contributed by atoms with Gasteiger partial charge in [0.25, 0.3) is 0 Å². The minimum atomic E-state index is -0.835. The van der Waals surface area contributed by atoms with Crippen LogP contribution in [0.15, 0.2) is 182 Å². The third-order valence-electron chi connectivity index (χ3n) is 13.1. The molecule has 82 heavy (non-hydrogen) atoms. The molecule has 0 N–H and O–H groups in total. The van der Waals surface area contributed by atoms with Crippen molar-refractivity contribution < 1.29 is 28.6 Å². The number of ether oxygens (including phenoxy) is 3. The van der Waals surface area contributed by atoms with Crippen LogP contribution in [-0.2, 0) is 28.6 Å². The summed E-state index contributed by atoms with van der Waals surface area (Å²) >= 11 is 0. The molecule has 0 radical (unpaired) electrons. The number of esters is 3. The monoisotopic (exact) mass is 1130 g/mol. The normalized spacial score (nSPS) is 13.4. The SMILES string of the molecule is CC/C=C\C/C=C\C/C=C\C/C=C\C/C=C\C/C=C\C/C=C\C/C=C\CCCCC(=O)OCC(COC(=O)CCCCCCC/C=C\CCCCCCCCC)OC(=O)CCCC/C=C\C/C=C\C/C=C\C/C=C\C/C=C\C/C=C\CC. The number of allylic oxidation sites excluding steroid dienone is 30. The van der Waals surface area contributed by atoms with Gasteiger partial charge in [0.05, 0.1) is 0 Å². The Morgan fingerprint density at radius 2 is 0.476 bits per heavy atom. The molecule has 0 bridgehead atoms. The molecule has 0 amide bonds. The van der Waals surface area contributed by atoms with Gasteiger partial charge in [-0.05, 0) is 161 Å². The fourth-order valence-electron chi connectivity index (χ4n) is 8.28. The summed E-state index contributed by atoms with van der Waals surface area (Å²) in [5.41, 5.74) is 0. The van der Waals surface area contributed by atoms with Gasteiger partial charge in [-0.2, -0.15) is 0 Å². The number of carbonyl (C=O) groups excluding carboxylic acids is 3. The van der Waals surface area contributed by atoms with Crippen molar-refractivity contribution >= 4 is 17.9 Å². The molecule has 0 heterocycles. The predicted molar refractivity (Wildman–Crippen MR) is 357 cm³/mol. The third-order valence-corrected chi connectivity index (χ3v) is 13.1. The molecule has 0 aromatic heterocycles. The largest absolute Gasteiger partial charge is 0.462 e. The van der Waals surface area contributed by atoms with E-state index >= 15 is 0 Å². The van der Waals surface area contributed by atoms with Crippen molar-refractivity contribution in [1.82, 2.24) is 0 Å². The van der Waals surface area contributed by atoms with E-state index in [2.05, 4.69) is 203 Å². The van der Waals surface area contributed by atoms with Crippen LogP contribution in [0.25, 0.3) is 0 Å². The highest BCUT2D eigenvalue weighted by Crippen LogP contribution is 2.13. The second-order valence-corrected chi connectivity index (χ2v) is 20.9. The lowest BCUT2D eigenvalue weighted by Crippen LogP contribution is -2.30. The number of hydrogen-bond donors (Lipinski definition) is 0. The van der Waals surface area contributed by atoms with Crippen LogP contribution in [0.1, 0.15) is 258 Å². The van der Waals surface area contributed by atoms with Crippen molar-refractivity contribution in [3.63, 3.8) is 0 Å². The Bertz CT molecular complexity index is 1920. The number of carbonyl (C=O) groups is 3. The van der Waals surface area contributed by atoms with Crippen molar-refractivity contribution in [3.8, 4) is 0 Å². The Morgan fingerprint density at radius 3 is 0.780 bits per heavy atom. The summed E-state index contributed by atoms with van der Waals surface area (Å²) in [6.45, 7) is 6.32. The van der Waals surface area contributed by atoms with Gasteiger partial charge in [-0.15, -0.1) is 0 Å². The first kappa shape index (κ1) is 76.5. The van der Waals surface area contributed by atoms with Gasteiger partial charge < -0.3 is 14.2 Å². The summed E-state index contributed by atoms with van der Waals surface area (Å²) in [6, 6.07) is 0. The Morgan fingerprint density at radius 1 is 0.256 bits per heavy atom. The van der Waals surface area contributed by atoms with Crippen LogP contribution in [-0.4, -0.2) is 37.2 Å². The summed E-state index contributed by atoms with van der Waals surface area (Å²) in [5.74, 6) is -1.03. The second-order valence-electron chi connectivity index (χ2n) is 20.9. The van der Waals surface area contributed by atoms with E-state index < -0.39 is 6.10 Å². The molecule has 0 aromatic rings. The second kappa shape index (κ2) is 68.0. The molecule has 0 spiro atoms. The molecular formula is C76H118O6. The van der Waals surface area contributed by atoms with Gasteiger partial charge in [-0.3, -0.25) is 14.4 Å². The number of rotatable bonds is 57. The molecule has 1 atom stereocenters. The molecule has 6 nitrogen and oxygen atoms in total. The maximum atomic E-state index is 12.9. The standard InChI is InChI=1S/C76H118O6/c1-4-7-10-13-16-19-22-25-28-31-33-35-36-37-38-39-40-42-43-45-48-51-54-57-60-63-66-69-75(78)81-72-73(71-80-74(77)68-65-62-59-56-53-50-47-30-27-24-21-18-15-12-9-6-3)82-76(79)70-67-64-61-58-55-52-49-46-44-41-34-32-29-26-23-20-17-14-11-8-5-2/h7-8,10-11,16-17,19-20,25-26,28-30,33-35,37-38,40-42,45-49,54-55,57-58,73H,4-6,9,12-15,18,21-24,27,31-32,36,39,43-44,50-53,56,59-72H2,1-3H3/b10-7-,11-8-,19-16-,20-17-,28-25-,29-26-,35-33-,38-37-,41-34-,42-40-,47-30-,48-45-,49-46-,57-54-,58-55-. The molecule has 0 rings (SSSR count). The molecule has 1 unspecified atom stereocenters. The van der Waals surface area contributed by atoms with Crippen LogP contribution in [0, 0.1) is 0 Å². The summed E-state index contributed by atoms with van der Waals surface area (Å²) in [4.78, 5) is 38.4. The third kappa shape index (κ3) is 65.3. The Labute approximate surface area is 504 Å². The lowest BCUT2D eigenvalue weighted by molar-refractivity contribution is -0.167. The van der Waals surface area contributed by atoms with Crippen molar-refractivity contribution in [2.75, 3.05) is 13.2 Å². The van der Waals surface area contributed by atoms with Gasteiger partial charge in [0.2, 0.25) is 0 Å². The van der Waals surface area contributed by atoms with Gasteiger partial charge in [-0.25, -0.2) is 0 Å². The maximum absolute atomic E-state index is 12.9. The topological polar surface area (TPSA) is 78.9 Å². The first-order valence-corrected chi connectivity index (χ1v) is 32.8. The minimum absolute atomic E-state index is 0.123. The van der Waals surface area contributed by atoms with E-state index in [0.29, 0.717) is 19.3 Å². The van der Waals surface area contributed by atoms with Gasteiger partial charge in [0.15, 0.2) is 6.10 Å². The van der Waals surface area contributed by atoms with Crippen molar-refractivity contribution in [2.24, 2.45) is 0 Å². The van der Waals surface area contributed by atoms with Crippen LogP contribution in [0.2, 0.25) is 0 Å². The average molecular weight is 1130 g/mol. The fourth-order valence-corrected chi connectivity index (χ4v) is 8.28. The highest BCUT2D eigenvalue weighted by molar-refractivity contribution is 5.71. The Balaban J connectivity index is 4.58. The molecule has 0 aliphatic carbocycles. The number of hydrogen-bond acceptors (Lipinski definition) is 6. The smallest absolute Gasteiger partial charge is 0.306 e. The van der Waals surface area contributed by atoms with Gasteiger partial charge in [0.1, 0.15) is 13.2 Å². The Kier molecular flexibility index (Phi) is 63.5. The molecule has 0 aliphatic rings. The fraction of sp³-hybridized carbons (Fsp3) is 0.566. The van der Waals surface area contributed by atoms with Crippen LogP contribution in [0.4, 0.5) is 0 Å². The van der Waals surface area contributed by atoms with Gasteiger partial charge in [-0.1, -0.05) is 261 Å². The lowest BCUT2D eigenvalue weighted by Gasteiger charge is -2.18. The van der Waals surface area contributed by atoms with Crippen LogP contribution in [0.5, 0.6) is 0 Å². The molecule has 0 aliphatic heterocycles. The number of unbranched alkanes of at least 4 members (excludes halogenated alkanes) is 16. The van der Waals surface area contributed by atoms with E-state index in [-0.39, 0.29) is 44.0 Å². The highest BCUT2D eigenvalue weighted by atomic mass is 16.6. The zero-order chi connectivity index (χ0) is 59.2. The van der Waals surface area contributed by atoms with E-state index in [1.807, 2.05) is 0 Å². The van der Waals surface area contributed by atoms with Crippen molar-refractivity contribution in [3.05, 3.63) is 182 Å². The van der Waals surface area contributed by atoms with E-state index in [1.165, 1.54) is 57.8 Å². The predicted octanol–water partition coefficient (Wildman–Crippen LogP) is 22.8. The first-order valence-electron chi connectivity index (χ1n) is 32.8. The summed E-state index contributed by atoms with van der Waals surface area (Å²) < 4.78 is 16.9. The molecule has 0 saturated heterocycles. The Hall–Kier alpha value is -5.49. The zero-order valence-electron chi connectivity index (χ0n) is 52.4. The lowest BCUT2D eigenvalue weighted by atomic mass is 10.1. The van der Waals surface area contributed by atoms with E-state index in [9.17, 15) is 14.4 Å². The minimum Gasteiger partial charge on any atom is -0.462 e. The zero-order valence-corrected chi connectivity index (χ0v) is 52.4. The van der Waals surface area contributed by atoms with Gasteiger partial charge in [0, 0.05) is 19.3 Å². The maximum Gasteiger partial charge on any atom is 0.306 e. The van der Waals surface area contributed by atoms with Crippen molar-refractivity contribution in [2.45, 2.75) is 264 Å².